The molecule has 2 N–H and O–H groups in total. The third-order valence-electron chi connectivity index (χ3n) is 1.77. The number of hydrogen-bond donors (Lipinski definition) is 2. The Morgan fingerprint density at radius 2 is 2.29 bits per heavy atom. The molecule has 0 atom stereocenters. The van der Waals surface area contributed by atoms with Crippen LogP contribution in [0.4, 0.5) is 0 Å². The topological polar surface area (TPSA) is 79.3 Å². The van der Waals surface area contributed by atoms with Gasteiger partial charge >= 0.3 is 5.97 Å². The van der Waals surface area contributed by atoms with Crippen LogP contribution in [0.3, 0.4) is 0 Å². The molecule has 0 aromatic carbocycles. The minimum absolute atomic E-state index is 0.0504. The van der Waals surface area contributed by atoms with Crippen LogP contribution in [0.25, 0.3) is 0 Å². The predicted octanol–water partition coefficient (Wildman–Crippen LogP) is 1.39. The summed E-state index contributed by atoms with van der Waals surface area (Å²) in [5, 5.41) is 11.1. The molecule has 92 valence electrons. The molecule has 0 aliphatic carbocycles. The van der Waals surface area contributed by atoms with Gasteiger partial charge in [-0.15, -0.1) is 11.8 Å². The number of hydrogen-bond acceptors (Lipinski definition) is 4. The highest BCUT2D eigenvalue weighted by Gasteiger charge is 2.08. The zero-order chi connectivity index (χ0) is 12.7. The van der Waals surface area contributed by atoms with Crippen LogP contribution < -0.4 is 5.32 Å². The quantitative estimate of drug-likeness (QED) is 0.775. The molecule has 1 rings (SSSR count). The van der Waals surface area contributed by atoms with Gasteiger partial charge in [0.05, 0.1) is 11.3 Å². The first-order valence-corrected chi connectivity index (χ1v) is 6.73. The van der Waals surface area contributed by atoms with Crippen LogP contribution in [0.15, 0.2) is 22.9 Å². The zero-order valence-electron chi connectivity index (χ0n) is 8.85. The van der Waals surface area contributed by atoms with Crippen molar-refractivity contribution in [2.24, 2.45) is 0 Å². The third kappa shape index (κ3) is 5.18. The van der Waals surface area contributed by atoms with E-state index in [4.69, 9.17) is 5.11 Å². The van der Waals surface area contributed by atoms with Gasteiger partial charge in [-0.25, -0.2) is 0 Å². The predicted molar refractivity (Wildman–Crippen MR) is 69.2 cm³/mol. The first-order valence-electron chi connectivity index (χ1n) is 4.78. The van der Waals surface area contributed by atoms with Crippen LogP contribution in [0, 0.1) is 0 Å². The van der Waals surface area contributed by atoms with E-state index in [1.54, 1.807) is 18.5 Å². The summed E-state index contributed by atoms with van der Waals surface area (Å²) in [5.41, 5.74) is 0.517. The van der Waals surface area contributed by atoms with Gasteiger partial charge in [-0.1, -0.05) is 0 Å². The first-order chi connectivity index (χ1) is 8.11. The van der Waals surface area contributed by atoms with Crippen LogP contribution in [0.2, 0.25) is 0 Å². The van der Waals surface area contributed by atoms with Crippen molar-refractivity contribution in [3.8, 4) is 0 Å². The molecule has 1 aromatic rings. The molecular formula is C10H11BrN2O3S. The largest absolute Gasteiger partial charge is 0.481 e. The van der Waals surface area contributed by atoms with Crippen LogP contribution in [0.5, 0.6) is 0 Å². The van der Waals surface area contributed by atoms with E-state index in [-0.39, 0.29) is 11.7 Å². The lowest BCUT2D eigenvalue weighted by molar-refractivity contribution is -0.133. The van der Waals surface area contributed by atoms with E-state index in [0.717, 1.165) is 0 Å². The molecule has 0 saturated carbocycles. The van der Waals surface area contributed by atoms with E-state index < -0.39 is 5.97 Å². The van der Waals surface area contributed by atoms with Crippen molar-refractivity contribution < 1.29 is 14.7 Å². The number of pyridine rings is 1. The average Bonchev–Trinajstić information content (AvgIpc) is 2.28. The summed E-state index contributed by atoms with van der Waals surface area (Å²) in [7, 11) is 0. The summed E-state index contributed by atoms with van der Waals surface area (Å²) in [6.07, 6.45) is 3.09. The van der Waals surface area contributed by atoms with Gasteiger partial charge in [0.15, 0.2) is 0 Å². The highest BCUT2D eigenvalue weighted by Crippen LogP contribution is 2.13. The molecular weight excluding hydrogens is 308 g/mol. The van der Waals surface area contributed by atoms with E-state index in [0.29, 0.717) is 22.3 Å². The Kier molecular flexibility index (Phi) is 5.99. The highest BCUT2D eigenvalue weighted by molar-refractivity contribution is 9.10. The number of nitrogens with zero attached hydrogens (tertiary/aromatic N) is 1. The Hall–Kier alpha value is -1.08. The summed E-state index contributed by atoms with van der Waals surface area (Å²) >= 11 is 4.50. The molecule has 0 bridgehead atoms. The van der Waals surface area contributed by atoms with Gasteiger partial charge in [0.1, 0.15) is 0 Å². The van der Waals surface area contributed by atoms with Gasteiger partial charge in [-0.05, 0) is 22.0 Å². The van der Waals surface area contributed by atoms with Crippen molar-refractivity contribution >= 4 is 39.6 Å². The maximum Gasteiger partial charge on any atom is 0.313 e. The van der Waals surface area contributed by atoms with Crippen LogP contribution in [-0.2, 0) is 4.79 Å². The second-order valence-electron chi connectivity index (χ2n) is 3.06. The van der Waals surface area contributed by atoms with Crippen molar-refractivity contribution in [2.75, 3.05) is 18.1 Å². The lowest BCUT2D eigenvalue weighted by Crippen LogP contribution is -2.26. The molecule has 0 fully saturated rings. The van der Waals surface area contributed by atoms with Crippen molar-refractivity contribution in [1.82, 2.24) is 10.3 Å². The van der Waals surface area contributed by atoms with E-state index in [9.17, 15) is 9.59 Å². The fourth-order valence-corrected chi connectivity index (χ4v) is 2.05. The maximum atomic E-state index is 11.7. The van der Waals surface area contributed by atoms with Gasteiger partial charge in [-0.2, -0.15) is 0 Å². The van der Waals surface area contributed by atoms with Gasteiger partial charge in [0.25, 0.3) is 5.91 Å². The third-order valence-corrected chi connectivity index (χ3v) is 3.35. The number of aliphatic carboxylic acids is 1. The standard InChI is InChI=1S/C10H11BrN2O3S/c11-8-5-12-2-1-7(8)10(16)13-3-4-17-6-9(14)15/h1-2,5H,3-4,6H2,(H,13,16)(H,14,15). The summed E-state index contributed by atoms with van der Waals surface area (Å²) < 4.78 is 0.635. The Labute approximate surface area is 111 Å². The fraction of sp³-hybridized carbons (Fsp3) is 0.300. The van der Waals surface area contributed by atoms with Crippen molar-refractivity contribution in [2.45, 2.75) is 0 Å². The number of halogens is 1. The molecule has 1 aromatic heterocycles. The number of thioether (sulfide) groups is 1. The normalized spacial score (nSPS) is 9.94. The zero-order valence-corrected chi connectivity index (χ0v) is 11.3. The maximum absolute atomic E-state index is 11.7. The van der Waals surface area contributed by atoms with Crippen LogP contribution >= 0.6 is 27.7 Å². The summed E-state index contributed by atoms with van der Waals surface area (Å²) in [4.78, 5) is 25.8. The Bertz CT molecular complexity index is 414. The summed E-state index contributed by atoms with van der Waals surface area (Å²) in [6.45, 7) is 0.436. The van der Waals surface area contributed by atoms with Crippen molar-refractivity contribution in [1.29, 1.82) is 0 Å². The summed E-state index contributed by atoms with van der Waals surface area (Å²) in [6, 6.07) is 1.61. The average molecular weight is 319 g/mol. The molecule has 0 spiro atoms. The molecule has 1 amide bonds. The molecule has 0 unspecified atom stereocenters. The fourth-order valence-electron chi connectivity index (χ4n) is 1.05. The second-order valence-corrected chi connectivity index (χ2v) is 5.02. The first kappa shape index (κ1) is 14.0. The number of carboxylic acid groups (broad SMARTS) is 1. The molecule has 7 heteroatoms. The number of nitrogens with one attached hydrogen (secondary N) is 1. The lowest BCUT2D eigenvalue weighted by Gasteiger charge is -2.05. The van der Waals surface area contributed by atoms with Gasteiger partial charge in [0, 0.05) is 29.2 Å². The van der Waals surface area contributed by atoms with Gasteiger partial charge in [-0.3, -0.25) is 14.6 Å². The number of aromatic nitrogens is 1. The molecule has 0 saturated heterocycles. The van der Waals surface area contributed by atoms with Gasteiger partial charge < -0.3 is 10.4 Å². The molecule has 0 aliphatic heterocycles. The molecule has 0 radical (unpaired) electrons. The minimum atomic E-state index is -0.849. The van der Waals surface area contributed by atoms with E-state index in [2.05, 4.69) is 26.2 Å². The van der Waals surface area contributed by atoms with E-state index >= 15 is 0 Å². The Morgan fingerprint density at radius 1 is 1.53 bits per heavy atom. The molecule has 17 heavy (non-hydrogen) atoms. The minimum Gasteiger partial charge on any atom is -0.481 e. The molecule has 1 heterocycles. The van der Waals surface area contributed by atoms with E-state index in [1.165, 1.54) is 11.8 Å². The van der Waals surface area contributed by atoms with Gasteiger partial charge in [0.2, 0.25) is 0 Å². The van der Waals surface area contributed by atoms with Crippen molar-refractivity contribution in [3.63, 3.8) is 0 Å². The number of carbonyl (C=O) groups excluding carboxylic acids is 1. The molecule has 5 nitrogen and oxygen atoms in total. The molecule has 0 aliphatic rings. The van der Waals surface area contributed by atoms with E-state index in [1.807, 2.05) is 0 Å². The Balaban J connectivity index is 2.31. The Morgan fingerprint density at radius 3 is 2.94 bits per heavy atom. The van der Waals surface area contributed by atoms with Crippen LogP contribution in [0.1, 0.15) is 10.4 Å². The number of carbonyl (C=O) groups is 2. The number of amides is 1. The smallest absolute Gasteiger partial charge is 0.313 e. The SMILES string of the molecule is O=C(O)CSCCNC(=O)c1ccncc1Br. The number of rotatable bonds is 6. The van der Waals surface area contributed by atoms with Crippen molar-refractivity contribution in [3.05, 3.63) is 28.5 Å². The second kappa shape index (κ2) is 7.29. The van der Waals surface area contributed by atoms with Crippen LogP contribution in [-0.4, -0.2) is 40.0 Å². The lowest BCUT2D eigenvalue weighted by atomic mass is 10.2. The highest BCUT2D eigenvalue weighted by atomic mass is 79.9. The number of carboxylic acids is 1. The monoisotopic (exact) mass is 318 g/mol. The summed E-state index contributed by atoms with van der Waals surface area (Å²) in [5.74, 6) is -0.427.